The molecule has 1 saturated heterocycles. The van der Waals surface area contributed by atoms with E-state index in [4.69, 9.17) is 11.6 Å². The summed E-state index contributed by atoms with van der Waals surface area (Å²) in [4.78, 5) is 14.0. The summed E-state index contributed by atoms with van der Waals surface area (Å²) < 4.78 is 0. The van der Waals surface area contributed by atoms with Crippen molar-refractivity contribution in [3.8, 4) is 10.4 Å². The van der Waals surface area contributed by atoms with Crippen LogP contribution in [0.15, 0.2) is 36.4 Å². The number of carbonyl (C=O) groups is 1. The Bertz CT molecular complexity index is 603. The second-order valence-corrected chi connectivity index (χ2v) is 6.35. The lowest BCUT2D eigenvalue weighted by Crippen LogP contribution is -2.35. The second-order valence-electron chi connectivity index (χ2n) is 4.83. The van der Waals surface area contributed by atoms with E-state index < -0.39 is 0 Å². The molecular formula is C15H15ClN2OS. The first-order chi connectivity index (χ1) is 9.72. The number of halogens is 1. The van der Waals surface area contributed by atoms with Crippen LogP contribution in [0.1, 0.15) is 16.1 Å². The van der Waals surface area contributed by atoms with Gasteiger partial charge in [0.1, 0.15) is 0 Å². The van der Waals surface area contributed by atoms with E-state index in [9.17, 15) is 4.79 Å². The number of amides is 1. The third kappa shape index (κ3) is 3.03. The van der Waals surface area contributed by atoms with Crippen molar-refractivity contribution in [1.29, 1.82) is 0 Å². The molecule has 1 fully saturated rings. The van der Waals surface area contributed by atoms with Crippen molar-refractivity contribution in [3.05, 3.63) is 46.3 Å². The van der Waals surface area contributed by atoms with Gasteiger partial charge in [0, 0.05) is 22.5 Å². The Hall–Kier alpha value is -1.36. The van der Waals surface area contributed by atoms with E-state index in [1.165, 1.54) is 11.3 Å². The highest BCUT2D eigenvalue weighted by Gasteiger charge is 2.18. The summed E-state index contributed by atoms with van der Waals surface area (Å²) in [7, 11) is 0. The maximum Gasteiger partial charge on any atom is 0.261 e. The average Bonchev–Trinajstić information content (AvgIpc) is 3.10. The molecule has 1 unspecified atom stereocenters. The van der Waals surface area contributed by atoms with Crippen LogP contribution in [0.3, 0.4) is 0 Å². The summed E-state index contributed by atoms with van der Waals surface area (Å²) in [5.74, 6) is 0.0175. The van der Waals surface area contributed by atoms with Gasteiger partial charge < -0.3 is 10.6 Å². The molecule has 1 aromatic carbocycles. The van der Waals surface area contributed by atoms with Gasteiger partial charge in [-0.05, 0) is 42.8 Å². The van der Waals surface area contributed by atoms with E-state index >= 15 is 0 Å². The maximum absolute atomic E-state index is 12.1. The summed E-state index contributed by atoms with van der Waals surface area (Å²) >= 11 is 7.39. The smallest absolute Gasteiger partial charge is 0.261 e. The highest BCUT2D eigenvalue weighted by atomic mass is 35.5. The molecule has 0 radical (unpaired) electrons. The Kier molecular flexibility index (Phi) is 4.05. The van der Waals surface area contributed by atoms with Crippen LogP contribution in [0.25, 0.3) is 10.4 Å². The minimum Gasteiger partial charge on any atom is -0.347 e. The van der Waals surface area contributed by atoms with Gasteiger partial charge in [0.15, 0.2) is 0 Å². The molecule has 1 aliphatic rings. The van der Waals surface area contributed by atoms with Gasteiger partial charge in [-0.1, -0.05) is 23.7 Å². The van der Waals surface area contributed by atoms with Crippen LogP contribution in [-0.4, -0.2) is 25.0 Å². The zero-order valence-electron chi connectivity index (χ0n) is 10.9. The van der Waals surface area contributed by atoms with Gasteiger partial charge in [-0.15, -0.1) is 11.3 Å². The van der Waals surface area contributed by atoms with Crippen molar-refractivity contribution in [2.45, 2.75) is 12.5 Å². The number of benzene rings is 1. The van der Waals surface area contributed by atoms with Gasteiger partial charge in [0.2, 0.25) is 0 Å². The molecule has 1 aromatic heterocycles. The second kappa shape index (κ2) is 5.95. The van der Waals surface area contributed by atoms with Crippen molar-refractivity contribution >= 4 is 28.8 Å². The number of nitrogens with one attached hydrogen (secondary N) is 2. The predicted octanol–water partition coefficient (Wildman–Crippen LogP) is 3.16. The zero-order chi connectivity index (χ0) is 13.9. The standard InChI is InChI=1S/C15H15ClN2OS/c16-11-3-1-10(2-4-11)13-5-6-14(20-13)15(19)18-12-7-8-17-9-12/h1-6,12,17H,7-9H2,(H,18,19). The highest BCUT2D eigenvalue weighted by Crippen LogP contribution is 2.29. The number of carbonyl (C=O) groups excluding carboxylic acids is 1. The Morgan fingerprint density at radius 2 is 2.05 bits per heavy atom. The van der Waals surface area contributed by atoms with Gasteiger partial charge in [0.25, 0.3) is 5.91 Å². The van der Waals surface area contributed by atoms with Crippen molar-refractivity contribution < 1.29 is 4.79 Å². The fourth-order valence-electron chi connectivity index (χ4n) is 2.26. The minimum atomic E-state index is 0.0175. The molecule has 5 heteroatoms. The van der Waals surface area contributed by atoms with E-state index in [1.807, 2.05) is 36.4 Å². The van der Waals surface area contributed by atoms with Gasteiger partial charge in [-0.2, -0.15) is 0 Å². The van der Waals surface area contributed by atoms with Gasteiger partial charge >= 0.3 is 0 Å². The fourth-order valence-corrected chi connectivity index (χ4v) is 3.30. The normalized spacial score (nSPS) is 18.1. The molecule has 2 heterocycles. The number of hydrogen-bond donors (Lipinski definition) is 2. The Morgan fingerprint density at radius 1 is 1.25 bits per heavy atom. The first-order valence-electron chi connectivity index (χ1n) is 6.60. The topological polar surface area (TPSA) is 41.1 Å². The molecule has 0 bridgehead atoms. The zero-order valence-corrected chi connectivity index (χ0v) is 12.4. The van der Waals surface area contributed by atoms with Crippen LogP contribution in [0.2, 0.25) is 5.02 Å². The number of thiophene rings is 1. The fraction of sp³-hybridized carbons (Fsp3) is 0.267. The van der Waals surface area contributed by atoms with E-state index in [1.54, 1.807) is 0 Å². The minimum absolute atomic E-state index is 0.0175. The third-order valence-corrected chi connectivity index (χ3v) is 4.74. The van der Waals surface area contributed by atoms with Crippen molar-refractivity contribution in [2.24, 2.45) is 0 Å². The first kappa shape index (κ1) is 13.6. The molecule has 0 spiro atoms. The molecule has 0 aliphatic carbocycles. The van der Waals surface area contributed by atoms with Gasteiger partial charge in [0.05, 0.1) is 4.88 Å². The molecule has 20 heavy (non-hydrogen) atoms. The molecule has 2 aromatic rings. The molecule has 1 atom stereocenters. The summed E-state index contributed by atoms with van der Waals surface area (Å²) in [6.45, 7) is 1.84. The molecule has 0 saturated carbocycles. The monoisotopic (exact) mass is 306 g/mol. The van der Waals surface area contributed by atoms with Crippen molar-refractivity contribution in [1.82, 2.24) is 10.6 Å². The molecule has 3 rings (SSSR count). The average molecular weight is 307 g/mol. The SMILES string of the molecule is O=C(NC1CCNC1)c1ccc(-c2ccc(Cl)cc2)s1. The Morgan fingerprint density at radius 3 is 2.75 bits per heavy atom. The summed E-state index contributed by atoms with van der Waals surface area (Å²) in [6.07, 6.45) is 1.00. The molecule has 104 valence electrons. The third-order valence-electron chi connectivity index (χ3n) is 3.35. The number of rotatable bonds is 3. The van der Waals surface area contributed by atoms with Crippen molar-refractivity contribution in [3.63, 3.8) is 0 Å². The number of hydrogen-bond acceptors (Lipinski definition) is 3. The van der Waals surface area contributed by atoms with Crippen LogP contribution < -0.4 is 10.6 Å². The first-order valence-corrected chi connectivity index (χ1v) is 7.79. The highest BCUT2D eigenvalue weighted by molar-refractivity contribution is 7.17. The lowest BCUT2D eigenvalue weighted by molar-refractivity contribution is 0.0944. The van der Waals surface area contributed by atoms with Crippen molar-refractivity contribution in [2.75, 3.05) is 13.1 Å². The largest absolute Gasteiger partial charge is 0.347 e. The lowest BCUT2D eigenvalue weighted by Gasteiger charge is -2.09. The molecular weight excluding hydrogens is 292 g/mol. The summed E-state index contributed by atoms with van der Waals surface area (Å²) in [6, 6.07) is 11.8. The Balaban J connectivity index is 1.72. The van der Waals surface area contributed by atoms with E-state index in [2.05, 4.69) is 10.6 Å². The van der Waals surface area contributed by atoms with E-state index in [0.717, 1.165) is 39.9 Å². The van der Waals surface area contributed by atoms with Crippen LogP contribution in [-0.2, 0) is 0 Å². The van der Waals surface area contributed by atoms with E-state index in [0.29, 0.717) is 0 Å². The van der Waals surface area contributed by atoms with Crippen LogP contribution in [0, 0.1) is 0 Å². The predicted molar refractivity (Wildman–Crippen MR) is 83.5 cm³/mol. The maximum atomic E-state index is 12.1. The van der Waals surface area contributed by atoms with Crippen LogP contribution in [0.5, 0.6) is 0 Å². The van der Waals surface area contributed by atoms with Gasteiger partial charge in [-0.25, -0.2) is 0 Å². The van der Waals surface area contributed by atoms with Crippen LogP contribution >= 0.6 is 22.9 Å². The molecule has 1 aliphatic heterocycles. The summed E-state index contributed by atoms with van der Waals surface area (Å²) in [5, 5.41) is 7.02. The molecule has 3 nitrogen and oxygen atoms in total. The summed E-state index contributed by atoms with van der Waals surface area (Å²) in [5.41, 5.74) is 1.08. The Labute approximate surface area is 127 Å². The van der Waals surface area contributed by atoms with E-state index in [-0.39, 0.29) is 11.9 Å². The lowest BCUT2D eigenvalue weighted by atomic mass is 10.2. The molecule has 1 amide bonds. The van der Waals surface area contributed by atoms with Crippen LogP contribution in [0.4, 0.5) is 0 Å². The van der Waals surface area contributed by atoms with Gasteiger partial charge in [-0.3, -0.25) is 4.79 Å². The quantitative estimate of drug-likeness (QED) is 0.914. The molecule has 2 N–H and O–H groups in total.